The van der Waals surface area contributed by atoms with Gasteiger partial charge in [0.1, 0.15) is 0 Å². The number of carboxylic acid groups (broad SMARTS) is 1. The van der Waals surface area contributed by atoms with E-state index in [1.165, 1.54) is 21.3 Å². The van der Waals surface area contributed by atoms with Gasteiger partial charge in [-0.25, -0.2) is 9.59 Å². The van der Waals surface area contributed by atoms with E-state index in [1.807, 2.05) is 0 Å². The number of aromatic carboxylic acids is 1. The predicted octanol–water partition coefficient (Wildman–Crippen LogP) is 0.874. The third-order valence-electron chi connectivity index (χ3n) is 2.32. The molecule has 82 valence electrons. The number of carbonyl (C=O) groups is 1. The maximum atomic E-state index is 11.6. The highest BCUT2D eigenvalue weighted by Gasteiger charge is 2.06. The number of aromatic nitrogens is 2. The summed E-state index contributed by atoms with van der Waals surface area (Å²) in [4.78, 5) is 22.4. The van der Waals surface area contributed by atoms with Crippen LogP contribution in [0, 0.1) is 0 Å². The maximum absolute atomic E-state index is 11.6. The van der Waals surface area contributed by atoms with Crippen molar-refractivity contribution in [3.05, 3.63) is 52.7 Å². The normalized spacial score (nSPS) is 10.3. The Kier molecular flexibility index (Phi) is 2.36. The van der Waals surface area contributed by atoms with Crippen LogP contribution in [0.25, 0.3) is 5.69 Å². The molecule has 2 aromatic rings. The van der Waals surface area contributed by atoms with Crippen LogP contribution in [0.4, 0.5) is 0 Å². The van der Waals surface area contributed by atoms with E-state index in [4.69, 9.17) is 5.11 Å². The highest BCUT2D eigenvalue weighted by atomic mass is 16.4. The predicted molar refractivity (Wildman–Crippen MR) is 58.0 cm³/mol. The standard InChI is InChI=1S/C11H10N2O3/c1-12-5-6-13(11(12)16)9-4-2-3-8(7-9)10(14)15/h2-7H,1H3,(H,14,15). The average Bonchev–Trinajstić information content (AvgIpc) is 2.60. The van der Waals surface area contributed by atoms with Gasteiger partial charge in [-0.05, 0) is 18.2 Å². The van der Waals surface area contributed by atoms with Gasteiger partial charge in [-0.15, -0.1) is 0 Å². The summed E-state index contributed by atoms with van der Waals surface area (Å²) in [6.07, 6.45) is 3.22. The molecule has 0 fully saturated rings. The lowest BCUT2D eigenvalue weighted by Crippen LogP contribution is -2.20. The zero-order chi connectivity index (χ0) is 11.7. The van der Waals surface area contributed by atoms with Crippen LogP contribution in [0.3, 0.4) is 0 Å². The fourth-order valence-electron chi connectivity index (χ4n) is 1.45. The molecule has 0 amide bonds. The lowest BCUT2D eigenvalue weighted by atomic mass is 10.2. The fourth-order valence-corrected chi connectivity index (χ4v) is 1.45. The fraction of sp³-hybridized carbons (Fsp3) is 0.0909. The number of imidazole rings is 1. The molecule has 1 aromatic heterocycles. The first-order chi connectivity index (χ1) is 7.59. The number of aryl methyl sites for hydroxylation is 1. The minimum Gasteiger partial charge on any atom is -0.478 e. The molecule has 0 unspecified atom stereocenters. The molecule has 0 spiro atoms. The summed E-state index contributed by atoms with van der Waals surface area (Å²) in [7, 11) is 1.64. The zero-order valence-electron chi connectivity index (χ0n) is 8.62. The minimum absolute atomic E-state index is 0.160. The Hall–Kier alpha value is -2.30. The largest absolute Gasteiger partial charge is 0.478 e. The van der Waals surface area contributed by atoms with E-state index in [0.717, 1.165) is 0 Å². The Bertz CT molecular complexity index is 595. The molecule has 0 aliphatic heterocycles. The van der Waals surface area contributed by atoms with E-state index in [2.05, 4.69) is 0 Å². The second kappa shape index (κ2) is 3.69. The van der Waals surface area contributed by atoms with Gasteiger partial charge in [0.25, 0.3) is 0 Å². The summed E-state index contributed by atoms with van der Waals surface area (Å²) in [6.45, 7) is 0. The average molecular weight is 218 g/mol. The Morgan fingerprint density at radius 1 is 1.31 bits per heavy atom. The maximum Gasteiger partial charge on any atom is 0.335 e. The molecule has 0 aliphatic rings. The molecular formula is C11H10N2O3. The van der Waals surface area contributed by atoms with Gasteiger partial charge < -0.3 is 9.67 Å². The van der Waals surface area contributed by atoms with E-state index >= 15 is 0 Å². The molecule has 1 aromatic carbocycles. The molecule has 0 saturated carbocycles. The van der Waals surface area contributed by atoms with Gasteiger partial charge in [0.05, 0.1) is 11.3 Å². The van der Waals surface area contributed by atoms with Crippen LogP contribution in [-0.4, -0.2) is 20.2 Å². The van der Waals surface area contributed by atoms with Crippen molar-refractivity contribution in [2.75, 3.05) is 0 Å². The molecule has 0 atom stereocenters. The van der Waals surface area contributed by atoms with Crippen molar-refractivity contribution in [1.29, 1.82) is 0 Å². The molecule has 0 aliphatic carbocycles. The van der Waals surface area contributed by atoms with Crippen LogP contribution in [0.5, 0.6) is 0 Å². The summed E-state index contributed by atoms with van der Waals surface area (Å²) in [6, 6.07) is 6.25. The Morgan fingerprint density at radius 2 is 2.06 bits per heavy atom. The highest BCUT2D eigenvalue weighted by molar-refractivity contribution is 5.88. The number of nitrogens with zero attached hydrogens (tertiary/aromatic N) is 2. The lowest BCUT2D eigenvalue weighted by Gasteiger charge is -2.02. The molecule has 16 heavy (non-hydrogen) atoms. The minimum atomic E-state index is -1.01. The van der Waals surface area contributed by atoms with Crippen molar-refractivity contribution < 1.29 is 9.90 Å². The van der Waals surface area contributed by atoms with Crippen molar-refractivity contribution in [2.45, 2.75) is 0 Å². The Morgan fingerprint density at radius 3 is 2.62 bits per heavy atom. The quantitative estimate of drug-likeness (QED) is 0.813. The number of hydrogen-bond acceptors (Lipinski definition) is 2. The SMILES string of the molecule is Cn1ccn(-c2cccc(C(=O)O)c2)c1=O. The van der Waals surface area contributed by atoms with E-state index in [-0.39, 0.29) is 11.3 Å². The van der Waals surface area contributed by atoms with Crippen LogP contribution < -0.4 is 5.69 Å². The van der Waals surface area contributed by atoms with Gasteiger partial charge in [0.15, 0.2) is 0 Å². The molecule has 5 heteroatoms. The summed E-state index contributed by atoms with van der Waals surface area (Å²) >= 11 is 0. The Labute approximate surface area is 91.2 Å². The topological polar surface area (TPSA) is 64.2 Å². The monoisotopic (exact) mass is 218 g/mol. The third kappa shape index (κ3) is 1.63. The van der Waals surface area contributed by atoms with E-state index in [1.54, 1.807) is 31.6 Å². The van der Waals surface area contributed by atoms with Crippen molar-refractivity contribution in [2.24, 2.45) is 7.05 Å². The van der Waals surface area contributed by atoms with Gasteiger partial charge in [0.2, 0.25) is 0 Å². The number of rotatable bonds is 2. The molecule has 0 saturated heterocycles. The molecule has 5 nitrogen and oxygen atoms in total. The van der Waals surface area contributed by atoms with E-state index in [9.17, 15) is 9.59 Å². The smallest absolute Gasteiger partial charge is 0.335 e. The number of carboxylic acids is 1. The second-order valence-electron chi connectivity index (χ2n) is 3.42. The van der Waals surface area contributed by atoms with Crippen molar-refractivity contribution in [3.63, 3.8) is 0 Å². The van der Waals surface area contributed by atoms with E-state index in [0.29, 0.717) is 5.69 Å². The first-order valence-corrected chi connectivity index (χ1v) is 4.67. The molecule has 0 radical (unpaired) electrons. The number of benzene rings is 1. The van der Waals surface area contributed by atoms with Crippen molar-refractivity contribution in [3.8, 4) is 5.69 Å². The van der Waals surface area contributed by atoms with Crippen LogP contribution in [-0.2, 0) is 7.05 Å². The van der Waals surface area contributed by atoms with Crippen molar-refractivity contribution >= 4 is 5.97 Å². The summed E-state index contributed by atoms with van der Waals surface area (Å²) in [5, 5.41) is 8.84. The van der Waals surface area contributed by atoms with Crippen LogP contribution in [0.15, 0.2) is 41.5 Å². The van der Waals surface area contributed by atoms with E-state index < -0.39 is 5.97 Å². The Balaban J connectivity index is 2.57. The summed E-state index contributed by atoms with van der Waals surface area (Å²) in [5.74, 6) is -1.01. The van der Waals surface area contributed by atoms with Gasteiger partial charge in [-0.1, -0.05) is 6.07 Å². The second-order valence-corrected chi connectivity index (χ2v) is 3.42. The van der Waals surface area contributed by atoms with Crippen LogP contribution >= 0.6 is 0 Å². The molecule has 2 rings (SSSR count). The lowest BCUT2D eigenvalue weighted by molar-refractivity contribution is 0.0697. The summed E-state index contributed by atoms with van der Waals surface area (Å²) in [5.41, 5.74) is 0.501. The molecule has 1 heterocycles. The molecule has 0 bridgehead atoms. The van der Waals surface area contributed by atoms with Gasteiger partial charge in [-0.2, -0.15) is 0 Å². The first kappa shape index (κ1) is 10.2. The van der Waals surface area contributed by atoms with Crippen molar-refractivity contribution in [1.82, 2.24) is 9.13 Å². The van der Waals surface area contributed by atoms with Gasteiger partial charge >= 0.3 is 11.7 Å². The highest BCUT2D eigenvalue weighted by Crippen LogP contribution is 2.08. The third-order valence-corrected chi connectivity index (χ3v) is 2.32. The first-order valence-electron chi connectivity index (χ1n) is 4.67. The van der Waals surface area contributed by atoms with Crippen LogP contribution in [0.2, 0.25) is 0 Å². The molecular weight excluding hydrogens is 208 g/mol. The molecule has 1 N–H and O–H groups in total. The summed E-state index contributed by atoms with van der Waals surface area (Å²) < 4.78 is 2.82. The zero-order valence-corrected chi connectivity index (χ0v) is 8.62. The van der Waals surface area contributed by atoms with Crippen LogP contribution in [0.1, 0.15) is 10.4 Å². The van der Waals surface area contributed by atoms with Gasteiger partial charge in [0, 0.05) is 19.4 Å². The number of hydrogen-bond donors (Lipinski definition) is 1. The van der Waals surface area contributed by atoms with Gasteiger partial charge in [-0.3, -0.25) is 4.57 Å².